The first-order valence-corrected chi connectivity index (χ1v) is 7.19. The largest absolute Gasteiger partial charge is 0.486 e. The highest BCUT2D eigenvalue weighted by Crippen LogP contribution is 2.52. The molecule has 0 bridgehead atoms. The standard InChI is InChI=1S/C14H23N3O/c1-2-17-10-11(9-16-17)18-13-8-12(15)14(13)6-4-3-5-7-14/h9-10,12-13H,2-8,15H2,1H3. The van der Waals surface area contributed by atoms with E-state index in [4.69, 9.17) is 10.5 Å². The van der Waals surface area contributed by atoms with Crippen LogP contribution in [0.3, 0.4) is 0 Å². The summed E-state index contributed by atoms with van der Waals surface area (Å²) in [5.74, 6) is 0.902. The normalized spacial score (nSPS) is 30.1. The second-order valence-corrected chi connectivity index (χ2v) is 5.77. The molecule has 0 amide bonds. The Kier molecular flexibility index (Phi) is 3.06. The molecule has 2 fully saturated rings. The maximum atomic E-state index is 6.26. The third kappa shape index (κ3) is 1.83. The van der Waals surface area contributed by atoms with Gasteiger partial charge in [0, 0.05) is 24.4 Å². The van der Waals surface area contributed by atoms with Crippen molar-refractivity contribution in [2.75, 3.05) is 0 Å². The van der Waals surface area contributed by atoms with Crippen molar-refractivity contribution in [1.29, 1.82) is 0 Å². The zero-order chi connectivity index (χ0) is 12.6. The molecule has 2 unspecified atom stereocenters. The molecule has 18 heavy (non-hydrogen) atoms. The maximum Gasteiger partial charge on any atom is 0.157 e. The number of nitrogens with zero attached hydrogens (tertiary/aromatic N) is 2. The Morgan fingerprint density at radius 1 is 1.44 bits per heavy atom. The molecule has 1 aromatic rings. The monoisotopic (exact) mass is 249 g/mol. The average molecular weight is 249 g/mol. The highest BCUT2D eigenvalue weighted by Gasteiger charge is 2.54. The van der Waals surface area contributed by atoms with E-state index in [9.17, 15) is 0 Å². The molecule has 2 aliphatic rings. The average Bonchev–Trinajstić information content (AvgIpc) is 2.87. The van der Waals surface area contributed by atoms with Crippen LogP contribution < -0.4 is 10.5 Å². The lowest BCUT2D eigenvalue weighted by Crippen LogP contribution is -2.64. The van der Waals surface area contributed by atoms with E-state index in [1.165, 1.54) is 32.1 Å². The smallest absolute Gasteiger partial charge is 0.157 e. The van der Waals surface area contributed by atoms with Crippen LogP contribution in [0.4, 0.5) is 0 Å². The van der Waals surface area contributed by atoms with Crippen LogP contribution in [0.15, 0.2) is 12.4 Å². The number of ether oxygens (including phenoxy) is 1. The van der Waals surface area contributed by atoms with Gasteiger partial charge in [0.05, 0.1) is 12.4 Å². The Balaban J connectivity index is 1.69. The lowest BCUT2D eigenvalue weighted by atomic mass is 9.55. The Morgan fingerprint density at radius 2 is 2.22 bits per heavy atom. The van der Waals surface area contributed by atoms with Crippen LogP contribution in [-0.2, 0) is 6.54 Å². The van der Waals surface area contributed by atoms with Crippen LogP contribution in [0.25, 0.3) is 0 Å². The molecule has 0 saturated heterocycles. The fourth-order valence-corrected chi connectivity index (χ4v) is 3.59. The van der Waals surface area contributed by atoms with E-state index in [1.807, 2.05) is 17.1 Å². The minimum Gasteiger partial charge on any atom is -0.486 e. The minimum atomic E-state index is 0.257. The first-order chi connectivity index (χ1) is 8.74. The molecule has 2 atom stereocenters. The molecule has 4 nitrogen and oxygen atoms in total. The SMILES string of the molecule is CCn1cc(OC2CC(N)C23CCCCC3)cn1. The van der Waals surface area contributed by atoms with E-state index in [0.29, 0.717) is 12.1 Å². The molecule has 1 spiro atoms. The minimum absolute atomic E-state index is 0.257. The van der Waals surface area contributed by atoms with Crippen molar-refractivity contribution in [3.8, 4) is 5.75 Å². The van der Waals surface area contributed by atoms with Gasteiger partial charge in [0.15, 0.2) is 5.75 Å². The van der Waals surface area contributed by atoms with Gasteiger partial charge in [0.2, 0.25) is 0 Å². The van der Waals surface area contributed by atoms with Crippen LogP contribution in [0.2, 0.25) is 0 Å². The van der Waals surface area contributed by atoms with E-state index in [0.717, 1.165) is 18.7 Å². The molecular weight excluding hydrogens is 226 g/mol. The quantitative estimate of drug-likeness (QED) is 0.894. The van der Waals surface area contributed by atoms with Gasteiger partial charge in [-0.15, -0.1) is 0 Å². The Bertz CT molecular complexity index is 409. The van der Waals surface area contributed by atoms with Gasteiger partial charge in [-0.05, 0) is 19.8 Å². The summed E-state index contributed by atoms with van der Waals surface area (Å²) in [5, 5.41) is 4.26. The van der Waals surface area contributed by atoms with Gasteiger partial charge in [-0.2, -0.15) is 5.10 Å². The van der Waals surface area contributed by atoms with Gasteiger partial charge >= 0.3 is 0 Å². The highest BCUT2D eigenvalue weighted by atomic mass is 16.5. The Labute approximate surface area is 108 Å². The van der Waals surface area contributed by atoms with Crippen molar-refractivity contribution >= 4 is 0 Å². The Morgan fingerprint density at radius 3 is 2.83 bits per heavy atom. The van der Waals surface area contributed by atoms with Crippen molar-refractivity contribution in [3.05, 3.63) is 12.4 Å². The number of aromatic nitrogens is 2. The molecule has 4 heteroatoms. The summed E-state index contributed by atoms with van der Waals surface area (Å²) >= 11 is 0. The summed E-state index contributed by atoms with van der Waals surface area (Å²) < 4.78 is 8.04. The van der Waals surface area contributed by atoms with E-state index >= 15 is 0 Å². The molecule has 2 saturated carbocycles. The molecule has 0 aromatic carbocycles. The van der Waals surface area contributed by atoms with E-state index in [1.54, 1.807) is 0 Å². The number of hydrogen-bond donors (Lipinski definition) is 1. The summed E-state index contributed by atoms with van der Waals surface area (Å²) in [7, 11) is 0. The molecule has 2 aliphatic carbocycles. The second kappa shape index (κ2) is 4.57. The van der Waals surface area contributed by atoms with Crippen molar-refractivity contribution in [2.45, 2.75) is 64.1 Å². The fourth-order valence-electron chi connectivity index (χ4n) is 3.59. The van der Waals surface area contributed by atoms with Gasteiger partial charge in [0.25, 0.3) is 0 Å². The van der Waals surface area contributed by atoms with E-state index in [-0.39, 0.29) is 5.41 Å². The number of rotatable bonds is 3. The molecule has 1 aromatic heterocycles. The predicted octanol–water partition coefficient (Wildman–Crippen LogP) is 2.33. The van der Waals surface area contributed by atoms with E-state index in [2.05, 4.69) is 12.0 Å². The lowest BCUT2D eigenvalue weighted by molar-refractivity contribution is -0.0898. The Hall–Kier alpha value is -1.03. The molecule has 0 radical (unpaired) electrons. The summed E-state index contributed by atoms with van der Waals surface area (Å²) in [6.45, 7) is 2.97. The first kappa shape index (κ1) is 12.0. The van der Waals surface area contributed by atoms with Crippen molar-refractivity contribution in [1.82, 2.24) is 9.78 Å². The third-order valence-electron chi connectivity index (χ3n) is 4.84. The predicted molar refractivity (Wildman–Crippen MR) is 70.4 cm³/mol. The zero-order valence-electron chi connectivity index (χ0n) is 11.1. The second-order valence-electron chi connectivity index (χ2n) is 5.77. The van der Waals surface area contributed by atoms with Crippen molar-refractivity contribution in [2.24, 2.45) is 11.1 Å². The van der Waals surface area contributed by atoms with Gasteiger partial charge in [-0.25, -0.2) is 0 Å². The van der Waals surface area contributed by atoms with Crippen LogP contribution in [0.5, 0.6) is 5.75 Å². The molecule has 1 heterocycles. The molecule has 2 N–H and O–H groups in total. The highest BCUT2D eigenvalue weighted by molar-refractivity contribution is 5.17. The van der Waals surface area contributed by atoms with Crippen LogP contribution in [0.1, 0.15) is 45.4 Å². The van der Waals surface area contributed by atoms with Gasteiger partial charge in [-0.3, -0.25) is 4.68 Å². The summed E-state index contributed by atoms with van der Waals surface area (Å²) in [5.41, 5.74) is 6.52. The van der Waals surface area contributed by atoms with Gasteiger partial charge < -0.3 is 10.5 Å². The summed E-state index contributed by atoms with van der Waals surface area (Å²) in [6.07, 6.45) is 11.6. The first-order valence-electron chi connectivity index (χ1n) is 7.19. The topological polar surface area (TPSA) is 53.1 Å². The summed E-state index contributed by atoms with van der Waals surface area (Å²) in [4.78, 5) is 0. The molecule has 3 rings (SSSR count). The van der Waals surface area contributed by atoms with Gasteiger partial charge in [-0.1, -0.05) is 19.3 Å². The number of nitrogens with two attached hydrogens (primary N) is 1. The maximum absolute atomic E-state index is 6.26. The third-order valence-corrected chi connectivity index (χ3v) is 4.84. The van der Waals surface area contributed by atoms with Crippen LogP contribution in [0, 0.1) is 5.41 Å². The lowest BCUT2D eigenvalue weighted by Gasteiger charge is -2.55. The van der Waals surface area contributed by atoms with Crippen molar-refractivity contribution < 1.29 is 4.74 Å². The molecular formula is C14H23N3O. The van der Waals surface area contributed by atoms with Crippen LogP contribution in [-0.4, -0.2) is 21.9 Å². The number of hydrogen-bond acceptors (Lipinski definition) is 3. The van der Waals surface area contributed by atoms with E-state index < -0.39 is 0 Å². The number of aryl methyl sites for hydroxylation is 1. The molecule has 100 valence electrons. The zero-order valence-corrected chi connectivity index (χ0v) is 11.1. The fraction of sp³-hybridized carbons (Fsp3) is 0.786. The van der Waals surface area contributed by atoms with Crippen molar-refractivity contribution in [3.63, 3.8) is 0 Å². The van der Waals surface area contributed by atoms with Crippen LogP contribution >= 0.6 is 0 Å². The summed E-state index contributed by atoms with van der Waals surface area (Å²) in [6, 6.07) is 0.337. The molecule has 0 aliphatic heterocycles. The van der Waals surface area contributed by atoms with Gasteiger partial charge in [0.1, 0.15) is 6.10 Å².